The van der Waals surface area contributed by atoms with Crippen LogP contribution in [0.15, 0.2) is 47.4 Å². The molecule has 4 heteroatoms. The van der Waals surface area contributed by atoms with Gasteiger partial charge in [0.2, 0.25) is 0 Å². The average Bonchev–Trinajstić information content (AvgIpc) is 2.84. The number of benzene rings is 2. The molecule has 0 amide bonds. The zero-order valence-electron chi connectivity index (χ0n) is 9.90. The van der Waals surface area contributed by atoms with E-state index in [2.05, 4.69) is 0 Å². The molecular formula is C15H10ClFOS. The SMILES string of the molecule is O=C(c1cc(F)ccc1Cl)C1CSc2ccccc21. The van der Waals surface area contributed by atoms with Gasteiger partial charge in [-0.05, 0) is 29.8 Å². The van der Waals surface area contributed by atoms with Crippen LogP contribution in [0, 0.1) is 5.82 Å². The van der Waals surface area contributed by atoms with Gasteiger partial charge in [0.05, 0.1) is 10.9 Å². The molecule has 2 aromatic rings. The van der Waals surface area contributed by atoms with Crippen molar-refractivity contribution in [1.29, 1.82) is 0 Å². The number of carbonyl (C=O) groups excluding carboxylic acids is 1. The Bertz CT molecular complexity index is 656. The Labute approximate surface area is 119 Å². The third-order valence-corrected chi connectivity index (χ3v) is 4.72. The maximum atomic E-state index is 13.3. The molecule has 1 aliphatic heterocycles. The van der Waals surface area contributed by atoms with Gasteiger partial charge < -0.3 is 0 Å². The van der Waals surface area contributed by atoms with Gasteiger partial charge in [-0.2, -0.15) is 0 Å². The van der Waals surface area contributed by atoms with E-state index in [-0.39, 0.29) is 17.3 Å². The lowest BCUT2D eigenvalue weighted by molar-refractivity contribution is 0.0968. The molecule has 2 aromatic carbocycles. The molecule has 1 atom stereocenters. The Kier molecular flexibility index (Phi) is 3.33. The van der Waals surface area contributed by atoms with E-state index in [0.29, 0.717) is 10.8 Å². The van der Waals surface area contributed by atoms with Gasteiger partial charge in [-0.25, -0.2) is 4.39 Å². The maximum Gasteiger partial charge on any atom is 0.172 e. The molecule has 19 heavy (non-hydrogen) atoms. The van der Waals surface area contributed by atoms with Crippen LogP contribution in [0.5, 0.6) is 0 Å². The van der Waals surface area contributed by atoms with Gasteiger partial charge in [-0.1, -0.05) is 29.8 Å². The van der Waals surface area contributed by atoms with Crippen molar-refractivity contribution in [1.82, 2.24) is 0 Å². The monoisotopic (exact) mass is 292 g/mol. The molecule has 0 saturated carbocycles. The predicted octanol–water partition coefficient (Wildman–Crippen LogP) is 4.55. The topological polar surface area (TPSA) is 17.1 Å². The Morgan fingerprint density at radius 2 is 2.05 bits per heavy atom. The molecule has 0 bridgehead atoms. The van der Waals surface area contributed by atoms with Gasteiger partial charge in [0.15, 0.2) is 5.78 Å². The number of hydrogen-bond acceptors (Lipinski definition) is 2. The van der Waals surface area contributed by atoms with E-state index in [0.717, 1.165) is 10.5 Å². The minimum Gasteiger partial charge on any atom is -0.293 e. The molecular weight excluding hydrogens is 283 g/mol. The Morgan fingerprint density at radius 1 is 1.26 bits per heavy atom. The van der Waals surface area contributed by atoms with E-state index in [4.69, 9.17) is 11.6 Å². The third-order valence-electron chi connectivity index (χ3n) is 3.21. The van der Waals surface area contributed by atoms with Crippen LogP contribution < -0.4 is 0 Å². The van der Waals surface area contributed by atoms with Crippen molar-refractivity contribution in [2.45, 2.75) is 10.8 Å². The van der Waals surface area contributed by atoms with E-state index in [1.165, 1.54) is 18.2 Å². The summed E-state index contributed by atoms with van der Waals surface area (Å²) in [6.07, 6.45) is 0. The molecule has 1 heterocycles. The predicted molar refractivity (Wildman–Crippen MR) is 75.6 cm³/mol. The Morgan fingerprint density at radius 3 is 2.89 bits per heavy atom. The van der Waals surface area contributed by atoms with Crippen LogP contribution in [-0.4, -0.2) is 11.5 Å². The highest BCUT2D eigenvalue weighted by atomic mass is 35.5. The highest BCUT2D eigenvalue weighted by Gasteiger charge is 2.30. The molecule has 96 valence electrons. The zero-order chi connectivity index (χ0) is 13.4. The number of hydrogen-bond donors (Lipinski definition) is 0. The van der Waals surface area contributed by atoms with Gasteiger partial charge in [-0.15, -0.1) is 11.8 Å². The van der Waals surface area contributed by atoms with Crippen LogP contribution in [-0.2, 0) is 0 Å². The van der Waals surface area contributed by atoms with Crippen molar-refractivity contribution in [3.8, 4) is 0 Å². The van der Waals surface area contributed by atoms with Crippen molar-refractivity contribution in [3.05, 3.63) is 64.4 Å². The van der Waals surface area contributed by atoms with Gasteiger partial charge in [0.1, 0.15) is 5.82 Å². The third kappa shape index (κ3) is 2.28. The van der Waals surface area contributed by atoms with Gasteiger partial charge >= 0.3 is 0 Å². The molecule has 0 aromatic heterocycles. The summed E-state index contributed by atoms with van der Waals surface area (Å²) < 4.78 is 13.3. The summed E-state index contributed by atoms with van der Waals surface area (Å²) >= 11 is 7.65. The summed E-state index contributed by atoms with van der Waals surface area (Å²) in [7, 11) is 0. The fraction of sp³-hybridized carbons (Fsp3) is 0.133. The minimum atomic E-state index is -0.438. The van der Waals surface area contributed by atoms with Crippen molar-refractivity contribution < 1.29 is 9.18 Å². The highest BCUT2D eigenvalue weighted by Crippen LogP contribution is 2.41. The highest BCUT2D eigenvalue weighted by molar-refractivity contribution is 7.99. The number of Topliss-reactive ketones (excluding diaryl/α,β-unsaturated/α-hetero) is 1. The molecule has 0 N–H and O–H groups in total. The number of carbonyl (C=O) groups is 1. The van der Waals surface area contributed by atoms with E-state index in [1.807, 2.05) is 24.3 Å². The molecule has 0 spiro atoms. The van der Waals surface area contributed by atoms with Gasteiger partial charge in [0.25, 0.3) is 0 Å². The first kappa shape index (κ1) is 12.7. The second-order valence-corrected chi connectivity index (χ2v) is 5.86. The van der Waals surface area contributed by atoms with Crippen molar-refractivity contribution in [3.63, 3.8) is 0 Å². The average molecular weight is 293 g/mol. The Hall–Kier alpha value is -1.32. The normalized spacial score (nSPS) is 17.3. The van der Waals surface area contributed by atoms with Crippen LogP contribution in [0.2, 0.25) is 5.02 Å². The molecule has 0 aliphatic carbocycles. The zero-order valence-corrected chi connectivity index (χ0v) is 11.5. The number of fused-ring (bicyclic) bond motifs is 1. The number of halogens is 2. The van der Waals surface area contributed by atoms with Crippen LogP contribution in [0.1, 0.15) is 21.8 Å². The molecule has 3 rings (SSSR count). The summed E-state index contributed by atoms with van der Waals surface area (Å²) in [5.41, 5.74) is 1.28. The number of rotatable bonds is 2. The van der Waals surface area contributed by atoms with Crippen molar-refractivity contribution in [2.24, 2.45) is 0 Å². The molecule has 1 nitrogen and oxygen atoms in total. The van der Waals surface area contributed by atoms with E-state index in [1.54, 1.807) is 11.8 Å². The molecule has 1 unspecified atom stereocenters. The second-order valence-electron chi connectivity index (χ2n) is 4.39. The first-order chi connectivity index (χ1) is 9.16. The lowest BCUT2D eigenvalue weighted by Gasteiger charge is -2.11. The first-order valence-corrected chi connectivity index (χ1v) is 7.24. The van der Waals surface area contributed by atoms with Gasteiger partial charge in [0, 0.05) is 16.2 Å². The summed E-state index contributed by atoms with van der Waals surface area (Å²) in [5, 5.41) is 0.306. The van der Waals surface area contributed by atoms with Crippen LogP contribution in [0.3, 0.4) is 0 Å². The van der Waals surface area contributed by atoms with Crippen LogP contribution in [0.25, 0.3) is 0 Å². The number of thioether (sulfide) groups is 1. The maximum absolute atomic E-state index is 13.3. The fourth-order valence-corrected chi connectivity index (χ4v) is 3.69. The lowest BCUT2D eigenvalue weighted by atomic mass is 9.92. The molecule has 0 saturated heterocycles. The summed E-state index contributed by atoms with van der Waals surface area (Å²) in [4.78, 5) is 13.6. The second kappa shape index (κ2) is 4.99. The first-order valence-electron chi connectivity index (χ1n) is 5.88. The largest absolute Gasteiger partial charge is 0.293 e. The van der Waals surface area contributed by atoms with Crippen molar-refractivity contribution >= 4 is 29.1 Å². The summed E-state index contributed by atoms with van der Waals surface area (Å²) in [6.45, 7) is 0. The fourth-order valence-electron chi connectivity index (χ4n) is 2.25. The van der Waals surface area contributed by atoms with Crippen LogP contribution in [0.4, 0.5) is 4.39 Å². The van der Waals surface area contributed by atoms with E-state index >= 15 is 0 Å². The number of ketones is 1. The quantitative estimate of drug-likeness (QED) is 0.755. The summed E-state index contributed by atoms with van der Waals surface area (Å²) in [6, 6.07) is 11.7. The smallest absolute Gasteiger partial charge is 0.172 e. The Balaban J connectivity index is 2.00. The minimum absolute atomic E-state index is 0.109. The standard InChI is InChI=1S/C15H10ClFOS/c16-13-6-5-9(17)7-11(13)15(18)12-8-19-14-4-2-1-3-10(12)14/h1-7,12H,8H2. The molecule has 0 radical (unpaired) electrons. The summed E-state index contributed by atoms with van der Waals surface area (Å²) in [5.74, 6) is -0.0977. The molecule has 0 fully saturated rings. The van der Waals surface area contributed by atoms with Crippen LogP contribution >= 0.6 is 23.4 Å². The molecule has 1 aliphatic rings. The lowest BCUT2D eigenvalue weighted by Crippen LogP contribution is -2.13. The van der Waals surface area contributed by atoms with Crippen molar-refractivity contribution in [2.75, 3.05) is 5.75 Å². The van der Waals surface area contributed by atoms with E-state index in [9.17, 15) is 9.18 Å². The van der Waals surface area contributed by atoms with E-state index < -0.39 is 5.82 Å². The van der Waals surface area contributed by atoms with Gasteiger partial charge in [-0.3, -0.25) is 4.79 Å².